The molecule has 0 spiro atoms. The first-order valence-electron chi connectivity index (χ1n) is 6.67. The zero-order valence-electron chi connectivity index (χ0n) is 12.9. The van der Waals surface area contributed by atoms with E-state index in [1.165, 1.54) is 0 Å². The van der Waals surface area contributed by atoms with E-state index in [0.717, 1.165) is 0 Å². The van der Waals surface area contributed by atoms with Crippen LogP contribution in [0.2, 0.25) is 0 Å². The summed E-state index contributed by atoms with van der Waals surface area (Å²) in [5.74, 6) is -2.89. The van der Waals surface area contributed by atoms with Gasteiger partial charge in [0.1, 0.15) is 17.5 Å². The van der Waals surface area contributed by atoms with E-state index >= 15 is 0 Å². The average molecular weight is 327 g/mol. The molecule has 0 aliphatic rings. The number of halogens is 3. The van der Waals surface area contributed by atoms with E-state index in [1.54, 1.807) is 20.8 Å². The van der Waals surface area contributed by atoms with Crippen LogP contribution in [0.1, 0.15) is 37.6 Å². The molecule has 0 saturated carbocycles. The summed E-state index contributed by atoms with van der Waals surface area (Å²) in [4.78, 5) is 23.9. The van der Waals surface area contributed by atoms with Crippen molar-refractivity contribution >= 4 is 11.9 Å². The molecule has 0 heterocycles. The Balaban J connectivity index is 3.02. The minimum absolute atomic E-state index is 0.253. The van der Waals surface area contributed by atoms with Crippen LogP contribution >= 0.6 is 0 Å². The molecule has 1 atom stereocenters. The van der Waals surface area contributed by atoms with Gasteiger partial charge in [-0.2, -0.15) is 0 Å². The van der Waals surface area contributed by atoms with E-state index in [-0.39, 0.29) is 12.5 Å². The predicted octanol–water partition coefficient (Wildman–Crippen LogP) is 3.20. The number of alkyl carbamates (subject to hydrolysis) is 1. The number of carbonyl (C=O) groups excluding carboxylic acids is 2. The van der Waals surface area contributed by atoms with Crippen molar-refractivity contribution in [3.8, 4) is 12.3 Å². The first-order valence-corrected chi connectivity index (χ1v) is 6.67. The number of hydrogen-bond donors (Lipinski definition) is 1. The summed E-state index contributed by atoms with van der Waals surface area (Å²) in [5.41, 5.74) is -1.53. The van der Waals surface area contributed by atoms with Gasteiger partial charge < -0.3 is 10.1 Å². The van der Waals surface area contributed by atoms with E-state index in [9.17, 15) is 22.8 Å². The smallest absolute Gasteiger partial charge is 0.408 e. The summed E-state index contributed by atoms with van der Waals surface area (Å²) in [6.07, 6.45) is 3.91. The van der Waals surface area contributed by atoms with E-state index in [4.69, 9.17) is 11.2 Å². The molecule has 1 rings (SSSR count). The lowest BCUT2D eigenvalue weighted by Gasteiger charge is -2.22. The first-order chi connectivity index (χ1) is 10.5. The van der Waals surface area contributed by atoms with Gasteiger partial charge in [-0.05, 0) is 26.8 Å². The molecule has 7 heteroatoms. The fraction of sp³-hybridized carbons (Fsp3) is 0.375. The minimum atomic E-state index is -1.42. The first kappa shape index (κ1) is 18.6. The highest BCUT2D eigenvalue weighted by molar-refractivity contribution is 6.01. The topological polar surface area (TPSA) is 55.4 Å². The molecule has 4 nitrogen and oxygen atoms in total. The van der Waals surface area contributed by atoms with Crippen LogP contribution in [0.3, 0.4) is 0 Å². The Morgan fingerprint density at radius 3 is 2.30 bits per heavy atom. The lowest BCUT2D eigenvalue weighted by Crippen LogP contribution is -2.43. The van der Waals surface area contributed by atoms with Crippen LogP contribution in [0.5, 0.6) is 0 Å². The lowest BCUT2D eigenvalue weighted by atomic mass is 10.0. The SMILES string of the molecule is C#CC[C@@H](NC(=O)OC(C)(C)C)C(=O)c1cc(F)c(F)cc1F. The highest BCUT2D eigenvalue weighted by Gasteiger charge is 2.27. The Hall–Kier alpha value is -2.49. The molecule has 1 amide bonds. The van der Waals surface area contributed by atoms with Crippen LogP contribution in [0.15, 0.2) is 12.1 Å². The molecule has 0 aliphatic carbocycles. The zero-order chi connectivity index (χ0) is 17.8. The molecule has 23 heavy (non-hydrogen) atoms. The van der Waals surface area contributed by atoms with Crippen LogP contribution in [0.4, 0.5) is 18.0 Å². The number of ketones is 1. The summed E-state index contributed by atoms with van der Waals surface area (Å²) in [7, 11) is 0. The Morgan fingerprint density at radius 1 is 1.22 bits per heavy atom. The second-order valence-corrected chi connectivity index (χ2v) is 5.72. The molecule has 0 aromatic heterocycles. The van der Waals surface area contributed by atoms with E-state index in [0.29, 0.717) is 6.07 Å². The molecule has 1 aromatic rings. The largest absolute Gasteiger partial charge is 0.444 e. The molecule has 124 valence electrons. The number of nitrogens with one attached hydrogen (secondary N) is 1. The van der Waals surface area contributed by atoms with Gasteiger partial charge >= 0.3 is 6.09 Å². The van der Waals surface area contributed by atoms with Gasteiger partial charge in [0.25, 0.3) is 0 Å². The van der Waals surface area contributed by atoms with Crippen LogP contribution in [0, 0.1) is 29.8 Å². The number of carbonyl (C=O) groups is 2. The molecule has 0 aliphatic heterocycles. The second-order valence-electron chi connectivity index (χ2n) is 5.72. The van der Waals surface area contributed by atoms with Crippen LogP contribution in [-0.4, -0.2) is 23.5 Å². The van der Waals surface area contributed by atoms with Gasteiger partial charge in [-0.25, -0.2) is 18.0 Å². The summed E-state index contributed by atoms with van der Waals surface area (Å²) >= 11 is 0. The van der Waals surface area contributed by atoms with Crippen molar-refractivity contribution in [3.63, 3.8) is 0 Å². The fourth-order valence-electron chi connectivity index (χ4n) is 1.68. The van der Waals surface area contributed by atoms with Crippen molar-refractivity contribution < 1.29 is 27.5 Å². The normalized spacial score (nSPS) is 12.2. The Kier molecular flexibility index (Phi) is 5.79. The van der Waals surface area contributed by atoms with Crippen molar-refractivity contribution in [3.05, 3.63) is 35.1 Å². The molecular formula is C16H16F3NO3. The number of Topliss-reactive ketones (excluding diaryl/α,β-unsaturated/α-hetero) is 1. The van der Waals surface area contributed by atoms with Gasteiger partial charge in [0.05, 0.1) is 5.56 Å². The molecule has 0 radical (unpaired) electrons. The molecule has 0 fully saturated rings. The van der Waals surface area contributed by atoms with Crippen molar-refractivity contribution in [2.24, 2.45) is 0 Å². The number of rotatable bonds is 4. The Labute approximate surface area is 132 Å². The second kappa shape index (κ2) is 7.18. The maximum atomic E-state index is 13.7. The van der Waals surface area contributed by atoms with Crippen LogP contribution < -0.4 is 5.32 Å². The standard InChI is InChI=1S/C16H16F3NO3/c1-5-6-13(20-15(22)23-16(2,3)4)14(21)9-7-11(18)12(19)8-10(9)17/h1,7-8,13H,6H2,2-4H3,(H,20,22)/t13-/m1/s1. The third kappa shape index (κ3) is 5.33. The van der Waals surface area contributed by atoms with Gasteiger partial charge in [0.2, 0.25) is 0 Å². The molecular weight excluding hydrogens is 311 g/mol. The lowest BCUT2D eigenvalue weighted by molar-refractivity contribution is 0.0492. The van der Waals surface area contributed by atoms with Crippen LogP contribution in [0.25, 0.3) is 0 Å². The number of hydrogen-bond acceptors (Lipinski definition) is 3. The zero-order valence-corrected chi connectivity index (χ0v) is 12.9. The van der Waals surface area contributed by atoms with Gasteiger partial charge in [0.15, 0.2) is 17.4 Å². The third-order valence-electron chi connectivity index (χ3n) is 2.60. The number of amides is 1. The molecule has 0 unspecified atom stereocenters. The maximum Gasteiger partial charge on any atom is 0.408 e. The van der Waals surface area contributed by atoms with Gasteiger partial charge in [-0.3, -0.25) is 4.79 Å². The highest BCUT2D eigenvalue weighted by atomic mass is 19.2. The number of benzene rings is 1. The van der Waals surface area contributed by atoms with Crippen molar-refractivity contribution in [1.29, 1.82) is 0 Å². The molecule has 1 N–H and O–H groups in total. The summed E-state index contributed by atoms with van der Waals surface area (Å²) in [6, 6.07) is -0.648. The quantitative estimate of drug-likeness (QED) is 0.525. The van der Waals surface area contributed by atoms with Gasteiger partial charge in [-0.15, -0.1) is 12.3 Å². The Morgan fingerprint density at radius 2 is 1.78 bits per heavy atom. The fourth-order valence-corrected chi connectivity index (χ4v) is 1.68. The van der Waals surface area contributed by atoms with Gasteiger partial charge in [0, 0.05) is 12.5 Å². The average Bonchev–Trinajstić information content (AvgIpc) is 2.39. The summed E-state index contributed by atoms with van der Waals surface area (Å²) in [6.45, 7) is 4.83. The summed E-state index contributed by atoms with van der Waals surface area (Å²) < 4.78 is 44.8. The van der Waals surface area contributed by atoms with Crippen molar-refractivity contribution in [2.45, 2.75) is 38.8 Å². The Bertz CT molecular complexity index is 660. The van der Waals surface area contributed by atoms with E-state index < -0.39 is 46.5 Å². The van der Waals surface area contributed by atoms with E-state index in [1.807, 2.05) is 0 Å². The predicted molar refractivity (Wildman–Crippen MR) is 77.3 cm³/mol. The third-order valence-corrected chi connectivity index (χ3v) is 2.60. The molecule has 0 bridgehead atoms. The monoisotopic (exact) mass is 327 g/mol. The number of terminal acetylenes is 1. The van der Waals surface area contributed by atoms with Crippen molar-refractivity contribution in [1.82, 2.24) is 5.32 Å². The van der Waals surface area contributed by atoms with Crippen molar-refractivity contribution in [2.75, 3.05) is 0 Å². The summed E-state index contributed by atoms with van der Waals surface area (Å²) in [5, 5.41) is 2.20. The molecule has 0 saturated heterocycles. The maximum absolute atomic E-state index is 13.7. The molecule has 1 aromatic carbocycles. The minimum Gasteiger partial charge on any atom is -0.444 e. The number of ether oxygens (including phenoxy) is 1. The van der Waals surface area contributed by atoms with Crippen LogP contribution in [-0.2, 0) is 4.74 Å². The van der Waals surface area contributed by atoms with Gasteiger partial charge in [-0.1, -0.05) is 0 Å². The highest BCUT2D eigenvalue weighted by Crippen LogP contribution is 2.17. The van der Waals surface area contributed by atoms with E-state index in [2.05, 4.69) is 11.2 Å².